The molecule has 0 aromatic heterocycles. The maximum atomic E-state index is 12.5. The van der Waals surface area contributed by atoms with Crippen molar-refractivity contribution in [2.75, 3.05) is 26.7 Å². The first-order valence-corrected chi connectivity index (χ1v) is 7.39. The van der Waals surface area contributed by atoms with Crippen molar-refractivity contribution >= 4 is 40.9 Å². The summed E-state index contributed by atoms with van der Waals surface area (Å²) in [6.07, 6.45) is 1.11. The minimum absolute atomic E-state index is 0. The molecule has 0 aliphatic carbocycles. The number of aryl methyl sites for hydroxylation is 1. The molecule has 2 rings (SSSR count). The number of carbonyl (C=O) groups is 1. The molecule has 1 fully saturated rings. The molecule has 1 atom stereocenters. The molecule has 1 unspecified atom stereocenters. The molecule has 1 aromatic rings. The summed E-state index contributed by atoms with van der Waals surface area (Å²) in [4.78, 5) is 14.5. The Bertz CT molecular complexity index is 453. The molecule has 0 saturated carbocycles. The largest absolute Gasteiger partial charge is 0.338 e. The van der Waals surface area contributed by atoms with Crippen molar-refractivity contribution in [3.05, 3.63) is 32.9 Å². The zero-order chi connectivity index (χ0) is 13.1. The summed E-state index contributed by atoms with van der Waals surface area (Å²) in [6, 6.07) is 6.06. The number of carbonyl (C=O) groups excluding carboxylic acids is 1. The second-order valence-electron chi connectivity index (χ2n) is 4.95. The molecule has 1 N–H and O–H groups in total. The zero-order valence-electron chi connectivity index (χ0n) is 11.3. The Kier molecular flexibility index (Phi) is 6.56. The monoisotopic (exact) mass is 394 g/mol. The maximum Gasteiger partial charge on any atom is 0.254 e. The number of amides is 1. The van der Waals surface area contributed by atoms with Crippen LogP contribution in [0.15, 0.2) is 18.2 Å². The first-order valence-electron chi connectivity index (χ1n) is 6.32. The Morgan fingerprint density at radius 1 is 1.53 bits per heavy atom. The molecule has 0 spiro atoms. The summed E-state index contributed by atoms with van der Waals surface area (Å²) in [5.74, 6) is 0.781. The van der Waals surface area contributed by atoms with Gasteiger partial charge in [0.1, 0.15) is 0 Å². The Morgan fingerprint density at radius 2 is 2.26 bits per heavy atom. The van der Waals surface area contributed by atoms with E-state index in [1.807, 2.05) is 37.1 Å². The van der Waals surface area contributed by atoms with Crippen LogP contribution in [0.1, 0.15) is 22.3 Å². The topological polar surface area (TPSA) is 32.3 Å². The van der Waals surface area contributed by atoms with E-state index < -0.39 is 0 Å². The van der Waals surface area contributed by atoms with Crippen LogP contribution in [0.3, 0.4) is 0 Å². The molecule has 3 nitrogen and oxygen atoms in total. The van der Waals surface area contributed by atoms with E-state index in [-0.39, 0.29) is 18.3 Å². The number of hydrogen-bond donors (Lipinski definition) is 1. The molecule has 0 bridgehead atoms. The average Bonchev–Trinajstić information content (AvgIpc) is 2.80. The van der Waals surface area contributed by atoms with Gasteiger partial charge in [-0.15, -0.1) is 12.4 Å². The lowest BCUT2D eigenvalue weighted by Gasteiger charge is -2.17. The van der Waals surface area contributed by atoms with Gasteiger partial charge in [0, 0.05) is 16.7 Å². The lowest BCUT2D eigenvalue weighted by Crippen LogP contribution is -2.30. The first kappa shape index (κ1) is 16.7. The van der Waals surface area contributed by atoms with Crippen molar-refractivity contribution in [2.24, 2.45) is 5.92 Å². The van der Waals surface area contributed by atoms with Gasteiger partial charge in [-0.2, -0.15) is 0 Å². The second-order valence-corrected chi connectivity index (χ2v) is 6.11. The van der Waals surface area contributed by atoms with Crippen LogP contribution >= 0.6 is 35.0 Å². The maximum absolute atomic E-state index is 12.5. The molecule has 0 radical (unpaired) electrons. The Balaban J connectivity index is 0.00000180. The molecule has 1 aromatic carbocycles. The highest BCUT2D eigenvalue weighted by atomic mass is 127. The SMILES string of the molecule is CNCC1CCN(C(=O)c2cc(C)ccc2I)C1.Cl. The molecule has 1 aliphatic rings. The lowest BCUT2D eigenvalue weighted by atomic mass is 10.1. The highest BCUT2D eigenvalue weighted by Gasteiger charge is 2.27. The lowest BCUT2D eigenvalue weighted by molar-refractivity contribution is 0.0786. The van der Waals surface area contributed by atoms with Crippen LogP contribution in [0.25, 0.3) is 0 Å². The Hall–Kier alpha value is -0.330. The average molecular weight is 395 g/mol. The highest BCUT2D eigenvalue weighted by molar-refractivity contribution is 14.1. The van der Waals surface area contributed by atoms with Crippen molar-refractivity contribution in [2.45, 2.75) is 13.3 Å². The minimum atomic E-state index is 0. The van der Waals surface area contributed by atoms with Gasteiger partial charge in [-0.1, -0.05) is 11.6 Å². The first-order chi connectivity index (χ1) is 8.61. The zero-order valence-corrected chi connectivity index (χ0v) is 14.3. The second kappa shape index (κ2) is 7.45. The summed E-state index contributed by atoms with van der Waals surface area (Å²) in [5, 5.41) is 3.19. The van der Waals surface area contributed by atoms with Gasteiger partial charge in [0.25, 0.3) is 5.91 Å². The van der Waals surface area contributed by atoms with Crippen LogP contribution in [-0.4, -0.2) is 37.5 Å². The molecule has 5 heteroatoms. The third-order valence-corrected chi connectivity index (χ3v) is 4.36. The predicted molar refractivity (Wildman–Crippen MR) is 89.1 cm³/mol. The van der Waals surface area contributed by atoms with Crippen LogP contribution in [0.4, 0.5) is 0 Å². The molecule has 1 amide bonds. The van der Waals surface area contributed by atoms with E-state index in [1.165, 1.54) is 0 Å². The van der Waals surface area contributed by atoms with Gasteiger partial charge < -0.3 is 10.2 Å². The van der Waals surface area contributed by atoms with Gasteiger partial charge >= 0.3 is 0 Å². The fourth-order valence-electron chi connectivity index (χ4n) is 2.45. The fourth-order valence-corrected chi connectivity index (χ4v) is 3.01. The van der Waals surface area contributed by atoms with Crippen LogP contribution in [-0.2, 0) is 0 Å². The van der Waals surface area contributed by atoms with Crippen molar-refractivity contribution in [1.29, 1.82) is 0 Å². The Labute approximate surface area is 134 Å². The number of rotatable bonds is 3. The smallest absolute Gasteiger partial charge is 0.254 e. The third kappa shape index (κ3) is 4.07. The predicted octanol–water partition coefficient (Wildman–Crippen LogP) is 2.70. The summed E-state index contributed by atoms with van der Waals surface area (Å²) >= 11 is 2.24. The Morgan fingerprint density at radius 3 is 2.95 bits per heavy atom. The number of benzene rings is 1. The summed E-state index contributed by atoms with van der Waals surface area (Å²) < 4.78 is 1.04. The molecule has 19 heavy (non-hydrogen) atoms. The number of nitrogens with zero attached hydrogens (tertiary/aromatic N) is 1. The quantitative estimate of drug-likeness (QED) is 0.800. The van der Waals surface area contributed by atoms with Gasteiger partial charge in [-0.3, -0.25) is 4.79 Å². The van der Waals surface area contributed by atoms with Crippen molar-refractivity contribution < 1.29 is 4.79 Å². The molecular formula is C14H20ClIN2O. The van der Waals surface area contributed by atoms with E-state index in [9.17, 15) is 4.79 Å². The van der Waals surface area contributed by atoms with Gasteiger partial charge in [-0.05, 0) is 67.6 Å². The third-order valence-electron chi connectivity index (χ3n) is 3.42. The van der Waals surface area contributed by atoms with Gasteiger partial charge in [0.05, 0.1) is 5.56 Å². The van der Waals surface area contributed by atoms with Gasteiger partial charge in [-0.25, -0.2) is 0 Å². The van der Waals surface area contributed by atoms with Gasteiger partial charge in [0.2, 0.25) is 0 Å². The number of hydrogen-bond acceptors (Lipinski definition) is 2. The van der Waals surface area contributed by atoms with E-state index in [0.29, 0.717) is 5.92 Å². The van der Waals surface area contributed by atoms with Crippen LogP contribution in [0.2, 0.25) is 0 Å². The van der Waals surface area contributed by atoms with E-state index in [1.54, 1.807) is 0 Å². The molecule has 1 heterocycles. The van der Waals surface area contributed by atoms with E-state index >= 15 is 0 Å². The molecule has 106 valence electrons. The summed E-state index contributed by atoms with van der Waals surface area (Å²) in [7, 11) is 1.97. The van der Waals surface area contributed by atoms with E-state index in [4.69, 9.17) is 0 Å². The van der Waals surface area contributed by atoms with Crippen molar-refractivity contribution in [1.82, 2.24) is 10.2 Å². The van der Waals surface area contributed by atoms with Gasteiger partial charge in [0.15, 0.2) is 0 Å². The number of halogens is 2. The normalized spacial score (nSPS) is 18.3. The van der Waals surface area contributed by atoms with E-state index in [2.05, 4.69) is 27.9 Å². The van der Waals surface area contributed by atoms with Crippen LogP contribution in [0.5, 0.6) is 0 Å². The fraction of sp³-hybridized carbons (Fsp3) is 0.500. The van der Waals surface area contributed by atoms with Crippen molar-refractivity contribution in [3.8, 4) is 0 Å². The van der Waals surface area contributed by atoms with E-state index in [0.717, 1.165) is 40.8 Å². The molecule has 1 saturated heterocycles. The van der Waals surface area contributed by atoms with Crippen molar-refractivity contribution in [3.63, 3.8) is 0 Å². The highest BCUT2D eigenvalue weighted by Crippen LogP contribution is 2.21. The number of likely N-dealkylation sites (tertiary alicyclic amines) is 1. The van der Waals surface area contributed by atoms with Crippen LogP contribution < -0.4 is 5.32 Å². The minimum Gasteiger partial charge on any atom is -0.338 e. The number of nitrogens with one attached hydrogen (secondary N) is 1. The standard InChI is InChI=1S/C14H19IN2O.ClH/c1-10-3-4-13(15)12(7-10)14(18)17-6-5-11(9-17)8-16-2;/h3-4,7,11,16H,5-6,8-9H2,1-2H3;1H. The summed E-state index contributed by atoms with van der Waals surface area (Å²) in [6.45, 7) is 4.79. The molecular weight excluding hydrogens is 375 g/mol. The molecule has 1 aliphatic heterocycles. The summed E-state index contributed by atoms with van der Waals surface area (Å²) in [5.41, 5.74) is 1.99. The van der Waals surface area contributed by atoms with Crippen LogP contribution in [0, 0.1) is 16.4 Å².